The quantitative estimate of drug-likeness (QED) is 0.542. The van der Waals surface area contributed by atoms with E-state index < -0.39 is 24.3 Å². The number of benzene rings is 1. The van der Waals surface area contributed by atoms with E-state index in [1.54, 1.807) is 12.4 Å². The number of fused-ring (bicyclic) bond motifs is 1. The Balaban J connectivity index is 0.000000317. The highest BCUT2D eigenvalue weighted by atomic mass is 19.4. The number of piperazine rings is 1. The number of hydrogen-bond donors (Lipinski definition) is 2. The zero-order valence-corrected chi connectivity index (χ0v) is 20.4. The highest BCUT2D eigenvalue weighted by Gasteiger charge is 2.39. The van der Waals surface area contributed by atoms with E-state index >= 15 is 0 Å². The van der Waals surface area contributed by atoms with Gasteiger partial charge in [0, 0.05) is 51.0 Å². The van der Waals surface area contributed by atoms with Crippen LogP contribution in [0, 0.1) is 6.92 Å². The number of carbonyl (C=O) groups excluding carboxylic acids is 1. The third kappa shape index (κ3) is 10.1. The Morgan fingerprint density at radius 3 is 1.97 bits per heavy atom. The second kappa shape index (κ2) is 13.3. The summed E-state index contributed by atoms with van der Waals surface area (Å²) >= 11 is 0. The van der Waals surface area contributed by atoms with Gasteiger partial charge >= 0.3 is 24.3 Å². The first-order valence-corrected chi connectivity index (χ1v) is 11.3. The predicted molar refractivity (Wildman–Crippen MR) is 123 cm³/mol. The van der Waals surface area contributed by atoms with Gasteiger partial charge in [-0.15, -0.1) is 0 Å². The molecule has 0 saturated carbocycles. The Morgan fingerprint density at radius 1 is 0.923 bits per heavy atom. The third-order valence-corrected chi connectivity index (χ3v) is 5.58. The van der Waals surface area contributed by atoms with E-state index in [2.05, 4.69) is 28.9 Å². The van der Waals surface area contributed by atoms with Crippen LogP contribution in [0.2, 0.25) is 0 Å². The molecule has 0 aliphatic carbocycles. The van der Waals surface area contributed by atoms with E-state index in [1.807, 2.05) is 29.2 Å². The van der Waals surface area contributed by atoms with Crippen molar-refractivity contribution in [2.45, 2.75) is 37.8 Å². The fourth-order valence-corrected chi connectivity index (χ4v) is 3.75. The minimum absolute atomic E-state index is 0.0793. The fourth-order valence-electron chi connectivity index (χ4n) is 3.75. The van der Waals surface area contributed by atoms with Crippen LogP contribution in [0.5, 0.6) is 5.75 Å². The van der Waals surface area contributed by atoms with Crippen molar-refractivity contribution in [3.8, 4) is 5.75 Å². The lowest BCUT2D eigenvalue weighted by Crippen LogP contribution is -2.52. The Labute approximate surface area is 218 Å². The number of amides is 1. The Kier molecular flexibility index (Phi) is 10.7. The van der Waals surface area contributed by atoms with Gasteiger partial charge in [0.1, 0.15) is 11.9 Å². The standard InChI is InChI=1S/C20H23N3O2.2C2HF3O2/c1-15-4-6-18(7-5-15)25-19-11-17-13-23(10-9-22(17)14-19)20(24)16-3-2-8-21-12-16;2*3-2(4,5)1(6)7/h2-8,12,17,19H,9-11,13-14H2,1H3;2*(H,6,7)/t17-,19+;;/m0../s1. The van der Waals surface area contributed by atoms with Crippen LogP contribution in [-0.4, -0.2) is 93.5 Å². The summed E-state index contributed by atoms with van der Waals surface area (Å²) in [5, 5.41) is 14.2. The molecular formula is C24H25F6N3O6. The first-order chi connectivity index (χ1) is 18.1. The lowest BCUT2D eigenvalue weighted by molar-refractivity contribution is -0.193. The van der Waals surface area contributed by atoms with Gasteiger partial charge in [-0.3, -0.25) is 14.7 Å². The number of aromatic nitrogens is 1. The molecule has 0 spiro atoms. The number of nitrogens with zero attached hydrogens (tertiary/aromatic N) is 3. The molecule has 2 N–H and O–H groups in total. The molecule has 0 bridgehead atoms. The van der Waals surface area contributed by atoms with Gasteiger partial charge in [-0.1, -0.05) is 17.7 Å². The number of carboxylic acid groups (broad SMARTS) is 2. The average molecular weight is 565 g/mol. The fraction of sp³-hybridized carbons (Fsp3) is 0.417. The van der Waals surface area contributed by atoms with E-state index in [0.29, 0.717) is 11.6 Å². The number of alkyl halides is 6. The van der Waals surface area contributed by atoms with Crippen LogP contribution in [0.4, 0.5) is 26.3 Å². The first-order valence-electron chi connectivity index (χ1n) is 11.3. The third-order valence-electron chi connectivity index (χ3n) is 5.58. The number of aliphatic carboxylic acids is 2. The molecule has 1 aromatic carbocycles. The van der Waals surface area contributed by atoms with Crippen molar-refractivity contribution in [3.63, 3.8) is 0 Å². The highest BCUT2D eigenvalue weighted by Crippen LogP contribution is 2.26. The molecule has 3 heterocycles. The van der Waals surface area contributed by atoms with Crippen molar-refractivity contribution >= 4 is 17.8 Å². The monoisotopic (exact) mass is 565 g/mol. The van der Waals surface area contributed by atoms with Crippen LogP contribution in [0.3, 0.4) is 0 Å². The lowest BCUT2D eigenvalue weighted by Gasteiger charge is -2.37. The summed E-state index contributed by atoms with van der Waals surface area (Å²) in [5.41, 5.74) is 1.90. The minimum atomic E-state index is -5.08. The first kappa shape index (κ1) is 31.3. The molecule has 2 aliphatic rings. The normalized spacial score (nSPS) is 19.0. The van der Waals surface area contributed by atoms with Gasteiger partial charge < -0.3 is 19.8 Å². The Bertz CT molecular complexity index is 1090. The molecule has 2 aliphatic heterocycles. The molecule has 9 nitrogen and oxygen atoms in total. The van der Waals surface area contributed by atoms with Crippen molar-refractivity contribution in [3.05, 3.63) is 59.9 Å². The van der Waals surface area contributed by atoms with E-state index in [-0.39, 0.29) is 12.0 Å². The van der Waals surface area contributed by atoms with Crippen molar-refractivity contribution < 1.29 is 55.7 Å². The molecule has 2 aromatic rings. The molecule has 0 radical (unpaired) electrons. The number of halogens is 6. The number of ether oxygens (including phenoxy) is 1. The van der Waals surface area contributed by atoms with Crippen LogP contribution < -0.4 is 4.74 Å². The summed E-state index contributed by atoms with van der Waals surface area (Å²) in [6.07, 6.45) is -5.67. The van der Waals surface area contributed by atoms with Gasteiger partial charge in [0.15, 0.2) is 0 Å². The van der Waals surface area contributed by atoms with Crippen molar-refractivity contribution in [2.75, 3.05) is 26.2 Å². The van der Waals surface area contributed by atoms with Gasteiger partial charge in [-0.05, 0) is 31.2 Å². The number of aryl methyl sites for hydroxylation is 1. The number of pyridine rings is 1. The van der Waals surface area contributed by atoms with E-state index in [4.69, 9.17) is 24.5 Å². The molecular weight excluding hydrogens is 540 g/mol. The minimum Gasteiger partial charge on any atom is -0.489 e. The summed E-state index contributed by atoms with van der Waals surface area (Å²) in [6.45, 7) is 5.45. The van der Waals surface area contributed by atoms with E-state index in [0.717, 1.165) is 38.3 Å². The maximum atomic E-state index is 12.6. The van der Waals surface area contributed by atoms with Gasteiger partial charge in [0.05, 0.1) is 5.56 Å². The van der Waals surface area contributed by atoms with Crippen LogP contribution in [0.1, 0.15) is 22.3 Å². The van der Waals surface area contributed by atoms with Crippen LogP contribution in [0.25, 0.3) is 0 Å². The number of carbonyl (C=O) groups is 3. The SMILES string of the molecule is Cc1ccc(O[C@@H]2C[C@H]3CN(C(=O)c4cccnc4)CCN3C2)cc1.O=C(O)C(F)(F)F.O=C(O)C(F)(F)F. The molecule has 1 amide bonds. The number of rotatable bonds is 3. The largest absolute Gasteiger partial charge is 0.490 e. The summed E-state index contributed by atoms with van der Waals surface area (Å²) in [7, 11) is 0. The number of hydrogen-bond acceptors (Lipinski definition) is 6. The molecule has 39 heavy (non-hydrogen) atoms. The van der Waals surface area contributed by atoms with Crippen LogP contribution in [0.15, 0.2) is 48.8 Å². The summed E-state index contributed by atoms with van der Waals surface area (Å²) < 4.78 is 69.6. The Hall–Kier alpha value is -3.88. The predicted octanol–water partition coefficient (Wildman–Crippen LogP) is 3.63. The molecule has 2 atom stereocenters. The van der Waals surface area contributed by atoms with Gasteiger partial charge in [0.25, 0.3) is 5.91 Å². The second-order valence-corrected chi connectivity index (χ2v) is 8.54. The molecule has 15 heteroatoms. The lowest BCUT2D eigenvalue weighted by atomic mass is 10.1. The smallest absolute Gasteiger partial charge is 0.489 e. The van der Waals surface area contributed by atoms with Crippen molar-refractivity contribution in [1.82, 2.24) is 14.8 Å². The summed E-state index contributed by atoms with van der Waals surface area (Å²) in [4.78, 5) is 38.9. The van der Waals surface area contributed by atoms with E-state index in [9.17, 15) is 31.1 Å². The topological polar surface area (TPSA) is 120 Å². The molecule has 0 unspecified atom stereocenters. The maximum Gasteiger partial charge on any atom is 0.490 e. The van der Waals surface area contributed by atoms with Gasteiger partial charge in [0.2, 0.25) is 0 Å². The van der Waals surface area contributed by atoms with Crippen molar-refractivity contribution in [2.24, 2.45) is 0 Å². The number of carboxylic acids is 2. The van der Waals surface area contributed by atoms with E-state index in [1.165, 1.54) is 5.56 Å². The molecule has 4 rings (SSSR count). The zero-order chi connectivity index (χ0) is 29.4. The summed E-state index contributed by atoms with van der Waals surface area (Å²) in [6, 6.07) is 12.2. The van der Waals surface area contributed by atoms with Crippen molar-refractivity contribution in [1.29, 1.82) is 0 Å². The van der Waals surface area contributed by atoms with Crippen LogP contribution >= 0.6 is 0 Å². The summed E-state index contributed by atoms with van der Waals surface area (Å²) in [5.74, 6) is -4.51. The Morgan fingerprint density at radius 2 is 1.49 bits per heavy atom. The molecule has 2 fully saturated rings. The van der Waals surface area contributed by atoms with Crippen LogP contribution in [-0.2, 0) is 9.59 Å². The maximum absolute atomic E-state index is 12.6. The van der Waals surface area contributed by atoms with Gasteiger partial charge in [-0.2, -0.15) is 26.3 Å². The average Bonchev–Trinajstić information content (AvgIpc) is 3.26. The highest BCUT2D eigenvalue weighted by molar-refractivity contribution is 5.94. The van der Waals surface area contributed by atoms with Gasteiger partial charge in [-0.25, -0.2) is 9.59 Å². The second-order valence-electron chi connectivity index (χ2n) is 8.54. The zero-order valence-electron chi connectivity index (χ0n) is 20.4. The molecule has 214 valence electrons. The molecule has 1 aromatic heterocycles. The molecule has 2 saturated heterocycles.